The average molecular weight is 345 g/mol. The summed E-state index contributed by atoms with van der Waals surface area (Å²) in [5, 5.41) is 7.60. The molecule has 0 atom stereocenters. The largest absolute Gasteiger partial charge is 0.497 e. The molecule has 5 heteroatoms. The maximum atomic E-state index is 6.26. The van der Waals surface area contributed by atoms with Crippen LogP contribution >= 0.6 is 11.6 Å². The average Bonchev–Trinajstić information content (AvgIpc) is 2.63. The van der Waals surface area contributed by atoms with E-state index in [0.717, 1.165) is 49.1 Å². The van der Waals surface area contributed by atoms with Gasteiger partial charge in [0.2, 0.25) is 0 Å². The second-order valence-electron chi connectivity index (χ2n) is 5.99. The first-order valence-corrected chi connectivity index (χ1v) is 8.62. The van der Waals surface area contributed by atoms with Gasteiger partial charge in [-0.1, -0.05) is 41.9 Å². The molecule has 2 aromatic rings. The van der Waals surface area contributed by atoms with Crippen molar-refractivity contribution in [2.24, 2.45) is 5.10 Å². The van der Waals surface area contributed by atoms with Crippen LogP contribution in [0.4, 0.5) is 0 Å². The first-order chi connectivity index (χ1) is 11.7. The summed E-state index contributed by atoms with van der Waals surface area (Å²) >= 11 is 6.26. The SMILES string of the molecule is COc1cccc(C=NN2CC[NH+](Cc3ccccc3Cl)CC2)c1. The molecule has 24 heavy (non-hydrogen) atoms. The summed E-state index contributed by atoms with van der Waals surface area (Å²) in [4.78, 5) is 1.55. The number of methoxy groups -OCH3 is 1. The molecule has 4 nitrogen and oxygen atoms in total. The molecular weight excluding hydrogens is 322 g/mol. The summed E-state index contributed by atoms with van der Waals surface area (Å²) in [6, 6.07) is 16.0. The minimum absolute atomic E-state index is 0.855. The zero-order valence-electron chi connectivity index (χ0n) is 13.9. The van der Waals surface area contributed by atoms with Crippen LogP contribution in [-0.4, -0.2) is 44.5 Å². The van der Waals surface area contributed by atoms with Gasteiger partial charge < -0.3 is 9.64 Å². The summed E-state index contributed by atoms with van der Waals surface area (Å²) < 4.78 is 5.24. The van der Waals surface area contributed by atoms with Crippen LogP contribution in [0.15, 0.2) is 53.6 Å². The summed E-state index contributed by atoms with van der Waals surface area (Å²) in [5.74, 6) is 0.855. The Morgan fingerprint density at radius 3 is 2.71 bits per heavy atom. The number of nitrogens with one attached hydrogen (secondary N) is 1. The molecule has 1 aliphatic heterocycles. The molecule has 0 spiro atoms. The van der Waals surface area contributed by atoms with Gasteiger partial charge in [0, 0.05) is 10.6 Å². The van der Waals surface area contributed by atoms with Crippen LogP contribution in [-0.2, 0) is 6.54 Å². The van der Waals surface area contributed by atoms with Gasteiger partial charge in [-0.15, -0.1) is 0 Å². The first kappa shape index (κ1) is 16.8. The van der Waals surface area contributed by atoms with E-state index in [1.54, 1.807) is 12.0 Å². The number of hydrazone groups is 1. The molecule has 1 fully saturated rings. The van der Waals surface area contributed by atoms with E-state index in [1.807, 2.05) is 42.6 Å². The summed E-state index contributed by atoms with van der Waals surface area (Å²) in [5.41, 5.74) is 2.28. The normalized spacial score (nSPS) is 15.8. The number of hydrogen-bond donors (Lipinski definition) is 1. The minimum atomic E-state index is 0.855. The number of halogens is 1. The minimum Gasteiger partial charge on any atom is -0.497 e. The topological polar surface area (TPSA) is 29.3 Å². The third kappa shape index (κ3) is 4.49. The number of piperazine rings is 1. The van der Waals surface area contributed by atoms with Crippen LogP contribution in [0, 0.1) is 0 Å². The van der Waals surface area contributed by atoms with Gasteiger partial charge in [-0.2, -0.15) is 5.10 Å². The highest BCUT2D eigenvalue weighted by Gasteiger charge is 2.19. The van der Waals surface area contributed by atoms with E-state index in [1.165, 1.54) is 5.56 Å². The van der Waals surface area contributed by atoms with Gasteiger partial charge in [0.15, 0.2) is 0 Å². The Kier molecular flexibility index (Phi) is 5.72. The number of ether oxygens (including phenoxy) is 1. The number of benzene rings is 2. The molecule has 1 saturated heterocycles. The lowest BCUT2D eigenvalue weighted by atomic mass is 10.2. The van der Waals surface area contributed by atoms with Crippen molar-refractivity contribution < 1.29 is 9.64 Å². The second kappa shape index (κ2) is 8.18. The molecule has 0 radical (unpaired) electrons. The van der Waals surface area contributed by atoms with Gasteiger partial charge in [-0.3, -0.25) is 5.01 Å². The van der Waals surface area contributed by atoms with Crippen molar-refractivity contribution >= 4 is 17.8 Å². The number of nitrogens with zero attached hydrogens (tertiary/aromatic N) is 2. The van der Waals surface area contributed by atoms with Crippen molar-refractivity contribution in [2.45, 2.75) is 6.54 Å². The van der Waals surface area contributed by atoms with Crippen LogP contribution in [0.1, 0.15) is 11.1 Å². The fraction of sp³-hybridized carbons (Fsp3) is 0.316. The fourth-order valence-corrected chi connectivity index (χ4v) is 3.09. The van der Waals surface area contributed by atoms with Crippen molar-refractivity contribution in [3.63, 3.8) is 0 Å². The van der Waals surface area contributed by atoms with Gasteiger partial charge in [0.25, 0.3) is 0 Å². The maximum Gasteiger partial charge on any atom is 0.119 e. The summed E-state index contributed by atoms with van der Waals surface area (Å²) in [7, 11) is 1.68. The molecule has 0 unspecified atom stereocenters. The quantitative estimate of drug-likeness (QED) is 0.842. The molecule has 0 aliphatic carbocycles. The lowest BCUT2D eigenvalue weighted by molar-refractivity contribution is -0.918. The van der Waals surface area contributed by atoms with Crippen molar-refractivity contribution in [3.8, 4) is 5.75 Å². The number of hydrogen-bond acceptors (Lipinski definition) is 3. The summed E-state index contributed by atoms with van der Waals surface area (Å²) in [6.07, 6.45) is 1.90. The summed E-state index contributed by atoms with van der Waals surface area (Å²) in [6.45, 7) is 5.04. The van der Waals surface area contributed by atoms with E-state index in [0.29, 0.717) is 0 Å². The van der Waals surface area contributed by atoms with Gasteiger partial charge in [0.1, 0.15) is 12.3 Å². The molecule has 0 aromatic heterocycles. The van der Waals surface area contributed by atoms with E-state index in [4.69, 9.17) is 16.3 Å². The molecule has 2 aromatic carbocycles. The maximum absolute atomic E-state index is 6.26. The van der Waals surface area contributed by atoms with Gasteiger partial charge >= 0.3 is 0 Å². The Bertz CT molecular complexity index is 697. The molecule has 0 saturated carbocycles. The predicted octanol–water partition coefficient (Wildman–Crippen LogP) is 2.08. The van der Waals surface area contributed by atoms with E-state index in [2.05, 4.69) is 22.2 Å². The van der Waals surface area contributed by atoms with E-state index in [9.17, 15) is 0 Å². The Hall–Kier alpha value is -2.04. The van der Waals surface area contributed by atoms with E-state index < -0.39 is 0 Å². The molecule has 1 aliphatic rings. The molecule has 0 amide bonds. The molecular formula is C19H23ClN3O+. The predicted molar refractivity (Wildman–Crippen MR) is 98.0 cm³/mol. The van der Waals surface area contributed by atoms with Crippen LogP contribution in [0.5, 0.6) is 5.75 Å². The van der Waals surface area contributed by atoms with Crippen molar-refractivity contribution in [1.29, 1.82) is 0 Å². The van der Waals surface area contributed by atoms with Crippen molar-refractivity contribution in [3.05, 3.63) is 64.7 Å². The third-order valence-corrected chi connectivity index (χ3v) is 4.68. The third-order valence-electron chi connectivity index (χ3n) is 4.31. The standard InChI is InChI=1S/C19H22ClN3O/c1-24-18-7-4-5-16(13-18)14-21-23-11-9-22(10-12-23)15-17-6-2-3-8-19(17)20/h2-8,13-14H,9-12,15H2,1H3/p+1. The fourth-order valence-electron chi connectivity index (χ4n) is 2.88. The Labute approximate surface area is 148 Å². The van der Waals surface area contributed by atoms with Crippen LogP contribution < -0.4 is 9.64 Å². The first-order valence-electron chi connectivity index (χ1n) is 8.24. The van der Waals surface area contributed by atoms with Crippen molar-refractivity contribution in [2.75, 3.05) is 33.3 Å². The molecule has 126 valence electrons. The zero-order chi connectivity index (χ0) is 16.8. The number of quaternary nitrogens is 1. The van der Waals surface area contributed by atoms with E-state index >= 15 is 0 Å². The Balaban J connectivity index is 1.51. The highest BCUT2D eigenvalue weighted by Crippen LogP contribution is 2.13. The smallest absolute Gasteiger partial charge is 0.119 e. The molecule has 0 bridgehead atoms. The van der Waals surface area contributed by atoms with Crippen LogP contribution in [0.2, 0.25) is 5.02 Å². The Morgan fingerprint density at radius 1 is 1.17 bits per heavy atom. The van der Waals surface area contributed by atoms with Gasteiger partial charge in [-0.05, 0) is 23.8 Å². The highest BCUT2D eigenvalue weighted by molar-refractivity contribution is 6.31. The number of rotatable bonds is 5. The lowest BCUT2D eigenvalue weighted by Crippen LogP contribution is -3.13. The van der Waals surface area contributed by atoms with Crippen LogP contribution in [0.25, 0.3) is 0 Å². The monoisotopic (exact) mass is 344 g/mol. The molecule has 1 heterocycles. The van der Waals surface area contributed by atoms with E-state index in [-0.39, 0.29) is 0 Å². The molecule has 1 N–H and O–H groups in total. The lowest BCUT2D eigenvalue weighted by Gasteiger charge is -2.30. The Morgan fingerprint density at radius 2 is 1.96 bits per heavy atom. The molecule has 3 rings (SSSR count). The van der Waals surface area contributed by atoms with Gasteiger partial charge in [0.05, 0.1) is 39.5 Å². The van der Waals surface area contributed by atoms with Gasteiger partial charge in [-0.25, -0.2) is 0 Å². The van der Waals surface area contributed by atoms with Crippen LogP contribution in [0.3, 0.4) is 0 Å². The van der Waals surface area contributed by atoms with Crippen molar-refractivity contribution in [1.82, 2.24) is 5.01 Å². The zero-order valence-corrected chi connectivity index (χ0v) is 14.7. The second-order valence-corrected chi connectivity index (χ2v) is 6.40. The highest BCUT2D eigenvalue weighted by atomic mass is 35.5.